The van der Waals surface area contributed by atoms with Crippen LogP contribution in [-0.2, 0) is 65.4 Å². The van der Waals surface area contributed by atoms with Crippen molar-refractivity contribution in [2.75, 3.05) is 39.6 Å². The summed E-state index contributed by atoms with van der Waals surface area (Å²) in [5.41, 5.74) is 0. The third-order valence-electron chi connectivity index (χ3n) is 14.9. The van der Waals surface area contributed by atoms with Gasteiger partial charge >= 0.3 is 39.5 Å². The molecule has 0 aromatic heterocycles. The summed E-state index contributed by atoms with van der Waals surface area (Å²) < 4.78 is 68.2. The Morgan fingerprint density at radius 1 is 0.294 bits per heavy atom. The molecule has 576 valence electrons. The van der Waals surface area contributed by atoms with Gasteiger partial charge in [0.05, 0.1) is 32.8 Å². The van der Waals surface area contributed by atoms with E-state index in [-0.39, 0.29) is 25.7 Å². The molecule has 0 saturated heterocycles. The monoisotopic (exact) mass is 1460 g/mol. The van der Waals surface area contributed by atoms with Crippen molar-refractivity contribution in [2.24, 2.45) is 0 Å². The van der Waals surface area contributed by atoms with Gasteiger partial charge in [-0.3, -0.25) is 37.3 Å². The molecule has 5 atom stereocenters. The summed E-state index contributed by atoms with van der Waals surface area (Å²) in [6, 6.07) is 0. The van der Waals surface area contributed by atoms with Crippen molar-refractivity contribution in [1.82, 2.24) is 0 Å². The number of unbranched alkanes of at least 4 members (excludes halogenated alkanes) is 14. The number of ether oxygens (including phenoxy) is 4. The normalized spacial score (nSPS) is 14.9. The molecule has 0 aromatic rings. The summed E-state index contributed by atoms with van der Waals surface area (Å²) in [6.45, 7) is 4.27. The van der Waals surface area contributed by atoms with Crippen LogP contribution in [0.15, 0.2) is 182 Å². The van der Waals surface area contributed by atoms with Gasteiger partial charge in [0, 0.05) is 19.3 Å². The predicted octanol–water partition coefficient (Wildman–Crippen LogP) is 22.0. The smallest absolute Gasteiger partial charge is 0.462 e. The second-order valence-electron chi connectivity index (χ2n) is 24.5. The predicted molar refractivity (Wildman–Crippen MR) is 417 cm³/mol. The number of allylic oxidation sites excluding steroid dienone is 29. The van der Waals surface area contributed by atoms with Gasteiger partial charge in [0.1, 0.15) is 19.3 Å². The molecule has 0 aromatic carbocycles. The third-order valence-corrected chi connectivity index (χ3v) is 16.8. The lowest BCUT2D eigenvalue weighted by Gasteiger charge is -2.21. The number of hydrogen-bond acceptors (Lipinski definition) is 15. The number of esters is 4. The van der Waals surface area contributed by atoms with Crippen LogP contribution >= 0.6 is 15.6 Å². The van der Waals surface area contributed by atoms with Crippen LogP contribution in [0.3, 0.4) is 0 Å². The Kier molecular flexibility index (Phi) is 69.3. The van der Waals surface area contributed by atoms with E-state index in [9.17, 15) is 43.2 Å². The fraction of sp³-hybridized carbons (Fsp3) is 0.590. The van der Waals surface area contributed by atoms with Crippen molar-refractivity contribution in [3.8, 4) is 0 Å². The summed E-state index contributed by atoms with van der Waals surface area (Å²) in [7, 11) is -10.0. The molecule has 0 aliphatic heterocycles. The molecule has 0 aliphatic rings. The van der Waals surface area contributed by atoms with E-state index in [0.717, 1.165) is 135 Å². The van der Waals surface area contributed by atoms with Crippen LogP contribution in [0.2, 0.25) is 0 Å². The Morgan fingerprint density at radius 2 is 0.559 bits per heavy atom. The highest BCUT2D eigenvalue weighted by Gasteiger charge is 2.30. The summed E-state index contributed by atoms with van der Waals surface area (Å²) in [4.78, 5) is 72.8. The Hall–Kier alpha value is -5.84. The number of phosphoric acid groups is 2. The fourth-order valence-corrected chi connectivity index (χ4v) is 10.8. The minimum absolute atomic E-state index is 0.0564. The minimum atomic E-state index is -5.02. The van der Waals surface area contributed by atoms with Crippen molar-refractivity contribution < 1.29 is 80.2 Å². The van der Waals surface area contributed by atoms with Gasteiger partial charge in [-0.2, -0.15) is 0 Å². The maximum Gasteiger partial charge on any atom is 0.472 e. The largest absolute Gasteiger partial charge is 0.472 e. The van der Waals surface area contributed by atoms with E-state index >= 15 is 0 Å². The van der Waals surface area contributed by atoms with E-state index in [0.29, 0.717) is 32.1 Å². The zero-order valence-electron chi connectivity index (χ0n) is 62.7. The van der Waals surface area contributed by atoms with Crippen molar-refractivity contribution in [3.63, 3.8) is 0 Å². The SMILES string of the molecule is CC/C=C\C/C=C\C/C=C\C/C=C\C/C=C\CCCCCC(=O)OCC(COP(=O)(O)OCC(O)COP(=O)(O)OCC(COC(=O)CCC/C=C\C/C=C\C/C=C\C/C=C\C/C=C\CC)OC(=O)C/C=C\C/C=C\C/C=C\C/C=C\C/C=C\CC)OC(=O)CCCCCCCCCCCCC. The molecular formula is C83H132O17P2. The zero-order valence-corrected chi connectivity index (χ0v) is 64.5. The average Bonchev–Trinajstić information content (AvgIpc) is 0.926. The van der Waals surface area contributed by atoms with E-state index in [2.05, 4.69) is 174 Å². The van der Waals surface area contributed by atoms with Gasteiger partial charge in [-0.1, -0.05) is 281 Å². The maximum absolute atomic E-state index is 13.1. The molecule has 5 unspecified atom stereocenters. The number of aliphatic hydroxyl groups excluding tert-OH is 1. The molecule has 0 saturated carbocycles. The molecule has 3 N–H and O–H groups in total. The summed E-state index contributed by atoms with van der Waals surface area (Å²) in [6.07, 6.45) is 87.9. The molecule has 0 aliphatic carbocycles. The van der Waals surface area contributed by atoms with E-state index in [1.807, 2.05) is 24.3 Å². The number of phosphoric ester groups is 2. The van der Waals surface area contributed by atoms with Gasteiger partial charge in [0.2, 0.25) is 0 Å². The van der Waals surface area contributed by atoms with Gasteiger partial charge in [-0.05, 0) is 135 Å². The van der Waals surface area contributed by atoms with Crippen LogP contribution in [0.1, 0.15) is 259 Å². The average molecular weight is 1460 g/mol. The maximum atomic E-state index is 13.1. The molecule has 0 spiro atoms. The first-order valence-corrected chi connectivity index (χ1v) is 41.0. The fourth-order valence-electron chi connectivity index (χ4n) is 9.24. The second kappa shape index (κ2) is 73.5. The van der Waals surface area contributed by atoms with E-state index in [1.165, 1.54) is 38.5 Å². The highest BCUT2D eigenvalue weighted by atomic mass is 31.2. The van der Waals surface area contributed by atoms with Crippen LogP contribution in [0, 0.1) is 0 Å². The Labute approximate surface area is 615 Å². The summed E-state index contributed by atoms with van der Waals surface area (Å²) in [5.74, 6) is -2.45. The molecule has 0 heterocycles. The summed E-state index contributed by atoms with van der Waals surface area (Å²) in [5, 5.41) is 10.6. The number of hydrogen-bond donors (Lipinski definition) is 3. The molecule has 17 nitrogen and oxygen atoms in total. The highest BCUT2D eigenvalue weighted by Crippen LogP contribution is 2.45. The second-order valence-corrected chi connectivity index (χ2v) is 27.4. The van der Waals surface area contributed by atoms with E-state index < -0.39 is 97.5 Å². The van der Waals surface area contributed by atoms with Crippen molar-refractivity contribution in [3.05, 3.63) is 182 Å². The number of rotatable bonds is 69. The quantitative estimate of drug-likeness (QED) is 0.0169. The third kappa shape index (κ3) is 72.5. The Bertz CT molecular complexity index is 2650. The Morgan fingerprint density at radius 3 is 0.912 bits per heavy atom. The van der Waals surface area contributed by atoms with Crippen molar-refractivity contribution in [1.29, 1.82) is 0 Å². The first kappa shape index (κ1) is 96.2. The first-order chi connectivity index (χ1) is 49.7. The topological polar surface area (TPSA) is 237 Å². The van der Waals surface area contributed by atoms with Gasteiger partial charge in [0.25, 0.3) is 0 Å². The molecule has 0 amide bonds. The molecule has 0 rings (SSSR count). The van der Waals surface area contributed by atoms with Crippen LogP contribution in [0.25, 0.3) is 0 Å². The van der Waals surface area contributed by atoms with E-state index in [1.54, 1.807) is 12.2 Å². The van der Waals surface area contributed by atoms with Crippen molar-refractivity contribution in [2.45, 2.75) is 277 Å². The lowest BCUT2D eigenvalue weighted by Crippen LogP contribution is -2.30. The van der Waals surface area contributed by atoms with Crippen LogP contribution in [0.5, 0.6) is 0 Å². The standard InChI is InChI=1S/C83H132O17P2/c1-5-9-13-17-21-25-29-32-35-37-38-40-43-45-49-52-56-60-64-68-80(85)93-73-78(99-82(87)69-65-61-57-53-47-28-24-20-16-12-8-4)75-97-101(89,90)95-71-77(84)72-96-102(91,92)98-76-79(100-83(88)70-66-62-58-54-50-46-41-34-31-27-23-19-15-11-7-3)74-94-81(86)67-63-59-55-51-48-44-42-39-36-33-30-26-22-18-14-10-6-2/h9-11,13-15,21-23,25-27,32-36,38,40-42,44-45,49-51,54-55,62,66,77-79,84H,5-8,12,16-20,24,28-31,37,39,43,46-48,52-53,56-61,63-65,67-76H2,1-4H3,(H,89,90)(H,91,92)/b13-9-,14-10-,15-11-,25-21-,26-22-,27-23-,35-32-,36-33-,40-38-,41-34-,44-42-,49-45-,54-50-,55-51-,66-62-. The lowest BCUT2D eigenvalue weighted by molar-refractivity contribution is -0.161. The Balaban J connectivity index is 5.48. The van der Waals surface area contributed by atoms with Gasteiger partial charge < -0.3 is 33.8 Å². The molecule has 102 heavy (non-hydrogen) atoms. The molecule has 0 bridgehead atoms. The zero-order chi connectivity index (χ0) is 74.6. The molecular weight excluding hydrogens is 1330 g/mol. The van der Waals surface area contributed by atoms with E-state index in [4.69, 9.17) is 37.0 Å². The van der Waals surface area contributed by atoms with Gasteiger partial charge in [-0.15, -0.1) is 0 Å². The first-order valence-electron chi connectivity index (χ1n) is 38.0. The highest BCUT2D eigenvalue weighted by molar-refractivity contribution is 7.47. The van der Waals surface area contributed by atoms with Crippen LogP contribution in [-0.4, -0.2) is 96.7 Å². The number of carbonyl (C=O) groups excluding carboxylic acids is 4. The minimum Gasteiger partial charge on any atom is -0.462 e. The number of carbonyl (C=O) groups is 4. The van der Waals surface area contributed by atoms with Gasteiger partial charge in [-0.25, -0.2) is 9.13 Å². The lowest BCUT2D eigenvalue weighted by atomic mass is 10.1. The molecule has 19 heteroatoms. The van der Waals surface area contributed by atoms with Crippen LogP contribution in [0.4, 0.5) is 0 Å². The summed E-state index contributed by atoms with van der Waals surface area (Å²) >= 11 is 0. The molecule has 0 fully saturated rings. The van der Waals surface area contributed by atoms with Crippen molar-refractivity contribution >= 4 is 39.5 Å². The number of aliphatic hydroxyl groups is 1. The molecule has 0 radical (unpaired) electrons. The van der Waals surface area contributed by atoms with Gasteiger partial charge in [0.15, 0.2) is 12.2 Å². The van der Waals surface area contributed by atoms with Crippen LogP contribution < -0.4 is 0 Å².